The van der Waals surface area contributed by atoms with E-state index in [1.54, 1.807) is 0 Å². The Morgan fingerprint density at radius 3 is 2.73 bits per heavy atom. The van der Waals surface area contributed by atoms with E-state index in [4.69, 9.17) is 0 Å². The van der Waals surface area contributed by atoms with Gasteiger partial charge < -0.3 is 0 Å². The maximum absolute atomic E-state index is 4.38. The predicted octanol–water partition coefficient (Wildman–Crippen LogP) is 0.821. The van der Waals surface area contributed by atoms with Crippen molar-refractivity contribution < 1.29 is 5.01 Å². The van der Waals surface area contributed by atoms with E-state index in [0.29, 0.717) is 0 Å². The fraction of sp³-hybridized carbons (Fsp3) is 0.667. The standard InChI is InChI=1S/C9H16N2/c1-8(2)4-6-11-7-5-9(3)10-11/h5,7-8H,4,6H2,1-3H3/p+1. The molecule has 1 rings (SSSR count). The monoisotopic (exact) mass is 153 g/mol. The summed E-state index contributed by atoms with van der Waals surface area (Å²) >= 11 is 0. The summed E-state index contributed by atoms with van der Waals surface area (Å²) in [6, 6.07) is 0. The zero-order valence-electron chi connectivity index (χ0n) is 7.59. The average Bonchev–Trinajstić information content (AvgIpc) is 2.31. The summed E-state index contributed by atoms with van der Waals surface area (Å²) in [4.78, 5) is 0. The number of allylic oxidation sites excluding steroid dienone is 1. The highest BCUT2D eigenvalue weighted by Crippen LogP contribution is 1.95. The Bertz CT molecular complexity index is 180. The maximum Gasteiger partial charge on any atom is 0.123 e. The van der Waals surface area contributed by atoms with Gasteiger partial charge in [0.1, 0.15) is 12.7 Å². The third-order valence-electron chi connectivity index (χ3n) is 1.81. The molecular weight excluding hydrogens is 136 g/mol. The molecule has 0 saturated heterocycles. The minimum atomic E-state index is 0.784. The molecule has 1 atom stereocenters. The lowest BCUT2D eigenvalue weighted by molar-refractivity contribution is -0.852. The Labute approximate surface area is 68.6 Å². The first-order valence-electron chi connectivity index (χ1n) is 4.27. The van der Waals surface area contributed by atoms with Crippen LogP contribution in [-0.4, -0.2) is 12.3 Å². The molecule has 0 amide bonds. The van der Waals surface area contributed by atoms with Crippen LogP contribution in [0.1, 0.15) is 27.2 Å². The smallest absolute Gasteiger partial charge is 0.123 e. The minimum absolute atomic E-state index is 0.784. The molecule has 1 unspecified atom stereocenters. The molecule has 0 saturated carbocycles. The minimum Gasteiger partial charge on any atom is -0.183 e. The van der Waals surface area contributed by atoms with E-state index in [1.807, 2.05) is 6.92 Å². The van der Waals surface area contributed by atoms with Crippen molar-refractivity contribution in [2.45, 2.75) is 27.2 Å². The highest BCUT2D eigenvalue weighted by molar-refractivity contribution is 5.92. The van der Waals surface area contributed by atoms with Gasteiger partial charge in [-0.1, -0.05) is 18.9 Å². The van der Waals surface area contributed by atoms with E-state index in [9.17, 15) is 0 Å². The van der Waals surface area contributed by atoms with Crippen molar-refractivity contribution in [1.29, 1.82) is 0 Å². The lowest BCUT2D eigenvalue weighted by atomic mass is 10.1. The summed E-state index contributed by atoms with van der Waals surface area (Å²) in [5.41, 5.74) is 1.14. The topological polar surface area (TPSA) is 16.8 Å². The summed E-state index contributed by atoms with van der Waals surface area (Å²) in [7, 11) is 0. The number of hydrogen-bond acceptors (Lipinski definition) is 1. The van der Waals surface area contributed by atoms with Crippen molar-refractivity contribution >= 4 is 5.71 Å². The molecule has 1 aliphatic rings. The van der Waals surface area contributed by atoms with E-state index in [2.05, 4.69) is 31.2 Å². The third kappa shape index (κ3) is 2.85. The van der Waals surface area contributed by atoms with Crippen LogP contribution < -0.4 is 5.01 Å². The first kappa shape index (κ1) is 8.47. The van der Waals surface area contributed by atoms with Crippen molar-refractivity contribution in [3.05, 3.63) is 12.3 Å². The van der Waals surface area contributed by atoms with Crippen LogP contribution in [0.5, 0.6) is 0 Å². The Morgan fingerprint density at radius 2 is 2.27 bits per heavy atom. The van der Waals surface area contributed by atoms with Crippen molar-refractivity contribution in [3.8, 4) is 0 Å². The molecule has 0 radical (unpaired) electrons. The SMILES string of the molecule is CC1=N[NH+](CCC(C)C)C=C1. The number of nitrogens with zero attached hydrogens (tertiary/aromatic N) is 1. The molecule has 2 nitrogen and oxygen atoms in total. The molecule has 0 aromatic rings. The highest BCUT2D eigenvalue weighted by atomic mass is 15.5. The van der Waals surface area contributed by atoms with Crippen LogP contribution >= 0.6 is 0 Å². The predicted molar refractivity (Wildman–Crippen MR) is 47.5 cm³/mol. The van der Waals surface area contributed by atoms with E-state index in [0.717, 1.165) is 18.2 Å². The summed E-state index contributed by atoms with van der Waals surface area (Å²) < 4.78 is 0. The van der Waals surface area contributed by atoms with Crippen LogP contribution in [0.25, 0.3) is 0 Å². The van der Waals surface area contributed by atoms with Crippen LogP contribution in [0.2, 0.25) is 0 Å². The van der Waals surface area contributed by atoms with Gasteiger partial charge in [0, 0.05) is 12.5 Å². The molecule has 0 aromatic heterocycles. The van der Waals surface area contributed by atoms with Crippen LogP contribution in [0.3, 0.4) is 0 Å². The lowest BCUT2D eigenvalue weighted by Crippen LogP contribution is -3.01. The van der Waals surface area contributed by atoms with E-state index in [-0.39, 0.29) is 0 Å². The van der Waals surface area contributed by atoms with Gasteiger partial charge >= 0.3 is 0 Å². The van der Waals surface area contributed by atoms with Gasteiger partial charge in [0.15, 0.2) is 0 Å². The average molecular weight is 153 g/mol. The van der Waals surface area contributed by atoms with Crippen molar-refractivity contribution in [2.75, 3.05) is 6.54 Å². The number of rotatable bonds is 3. The normalized spacial score (nSPS) is 22.9. The lowest BCUT2D eigenvalue weighted by Gasteiger charge is -2.06. The summed E-state index contributed by atoms with van der Waals surface area (Å²) in [6.07, 6.45) is 5.45. The molecule has 1 aliphatic heterocycles. The second kappa shape index (κ2) is 3.67. The Hall–Kier alpha value is -0.630. The first-order valence-corrected chi connectivity index (χ1v) is 4.27. The summed E-state index contributed by atoms with van der Waals surface area (Å²) in [5.74, 6) is 0.784. The van der Waals surface area contributed by atoms with E-state index < -0.39 is 0 Å². The van der Waals surface area contributed by atoms with Gasteiger partial charge in [0.05, 0.1) is 5.71 Å². The third-order valence-corrected chi connectivity index (χ3v) is 1.81. The summed E-state index contributed by atoms with van der Waals surface area (Å²) in [5, 5.41) is 5.63. The molecule has 0 bridgehead atoms. The van der Waals surface area contributed by atoms with Gasteiger partial charge in [-0.25, -0.2) is 0 Å². The Kier molecular flexibility index (Phi) is 2.83. The molecule has 62 valence electrons. The molecule has 0 spiro atoms. The zero-order chi connectivity index (χ0) is 8.27. The maximum atomic E-state index is 4.38. The van der Waals surface area contributed by atoms with E-state index >= 15 is 0 Å². The number of nitrogens with one attached hydrogen (secondary N) is 1. The van der Waals surface area contributed by atoms with Crippen molar-refractivity contribution in [1.82, 2.24) is 0 Å². The number of hydrogen-bond donors (Lipinski definition) is 1. The van der Waals surface area contributed by atoms with Gasteiger partial charge in [-0.05, 0) is 12.8 Å². The van der Waals surface area contributed by atoms with E-state index in [1.165, 1.54) is 11.4 Å². The van der Waals surface area contributed by atoms with Crippen molar-refractivity contribution in [3.63, 3.8) is 0 Å². The van der Waals surface area contributed by atoms with Gasteiger partial charge in [0.25, 0.3) is 0 Å². The Morgan fingerprint density at radius 1 is 1.55 bits per heavy atom. The van der Waals surface area contributed by atoms with Crippen molar-refractivity contribution in [2.24, 2.45) is 11.0 Å². The molecule has 1 N–H and O–H groups in total. The Balaban J connectivity index is 2.25. The van der Waals surface area contributed by atoms with Gasteiger partial charge in [-0.2, -0.15) is 5.01 Å². The van der Waals surface area contributed by atoms with Gasteiger partial charge in [-0.15, -0.1) is 0 Å². The highest BCUT2D eigenvalue weighted by Gasteiger charge is 2.09. The molecule has 11 heavy (non-hydrogen) atoms. The molecule has 1 heterocycles. The molecule has 0 aromatic carbocycles. The molecule has 2 heteroatoms. The zero-order valence-corrected chi connectivity index (χ0v) is 7.59. The molecular formula is C9H17N2+. The van der Waals surface area contributed by atoms with Crippen LogP contribution in [-0.2, 0) is 0 Å². The van der Waals surface area contributed by atoms with Crippen LogP contribution in [0.15, 0.2) is 17.4 Å². The van der Waals surface area contributed by atoms with Crippen LogP contribution in [0.4, 0.5) is 0 Å². The van der Waals surface area contributed by atoms with Crippen LogP contribution in [0, 0.1) is 5.92 Å². The summed E-state index contributed by atoms with van der Waals surface area (Å²) in [6.45, 7) is 7.66. The first-order chi connectivity index (χ1) is 5.18. The second-order valence-electron chi connectivity index (χ2n) is 3.51. The fourth-order valence-corrected chi connectivity index (χ4v) is 1.09. The van der Waals surface area contributed by atoms with Gasteiger partial charge in [0.2, 0.25) is 0 Å². The molecule has 0 fully saturated rings. The largest absolute Gasteiger partial charge is 0.183 e. The fourth-order valence-electron chi connectivity index (χ4n) is 1.09. The van der Waals surface area contributed by atoms with Gasteiger partial charge in [-0.3, -0.25) is 0 Å². The molecule has 0 aliphatic carbocycles. The second-order valence-corrected chi connectivity index (χ2v) is 3.51. The quantitative estimate of drug-likeness (QED) is 0.618. The number of quaternary nitrogens is 1.